The van der Waals surface area contributed by atoms with Crippen molar-refractivity contribution in [3.05, 3.63) is 74.6 Å². The van der Waals surface area contributed by atoms with Gasteiger partial charge in [0.2, 0.25) is 0 Å². The number of benzene rings is 2. The van der Waals surface area contributed by atoms with Crippen molar-refractivity contribution in [3.8, 4) is 11.5 Å². The van der Waals surface area contributed by atoms with Crippen LogP contribution in [-0.4, -0.2) is 12.0 Å². The van der Waals surface area contributed by atoms with Crippen molar-refractivity contribution in [1.29, 1.82) is 0 Å². The summed E-state index contributed by atoms with van der Waals surface area (Å²) in [5.74, 6) is 0.971. The van der Waals surface area contributed by atoms with E-state index in [1.165, 1.54) is 31.4 Å². The molecule has 0 amide bonds. The molecule has 24 heavy (non-hydrogen) atoms. The molecule has 0 aliphatic rings. The molecule has 0 aliphatic heterocycles. The van der Waals surface area contributed by atoms with Crippen LogP contribution < -0.4 is 15.1 Å². The van der Waals surface area contributed by atoms with E-state index >= 15 is 0 Å². The smallest absolute Gasteiger partial charge is 0.336 e. The van der Waals surface area contributed by atoms with Crippen LogP contribution in [0.1, 0.15) is 5.56 Å². The molecular formula is C17H13NO6. The van der Waals surface area contributed by atoms with Gasteiger partial charge in [-0.1, -0.05) is 0 Å². The molecule has 3 rings (SSSR count). The van der Waals surface area contributed by atoms with Crippen molar-refractivity contribution in [2.24, 2.45) is 0 Å². The summed E-state index contributed by atoms with van der Waals surface area (Å²) in [5.41, 5.74) is 0.464. The number of ether oxygens (including phenoxy) is 2. The van der Waals surface area contributed by atoms with Gasteiger partial charge in [-0.3, -0.25) is 10.1 Å². The average Bonchev–Trinajstić information content (AvgIpc) is 2.59. The molecule has 0 N–H and O–H groups in total. The first kappa shape index (κ1) is 15.5. The zero-order valence-electron chi connectivity index (χ0n) is 12.7. The third-order valence-electron chi connectivity index (χ3n) is 3.46. The van der Waals surface area contributed by atoms with Gasteiger partial charge in [0.25, 0.3) is 5.69 Å². The van der Waals surface area contributed by atoms with Gasteiger partial charge in [-0.25, -0.2) is 4.79 Å². The predicted molar refractivity (Wildman–Crippen MR) is 86.5 cm³/mol. The lowest BCUT2D eigenvalue weighted by Gasteiger charge is -2.10. The van der Waals surface area contributed by atoms with Crippen molar-refractivity contribution in [2.45, 2.75) is 6.61 Å². The SMILES string of the molecule is COc1ccc([N+](=O)[O-])cc1COc1ccc2ccc(=O)oc2c1. The highest BCUT2D eigenvalue weighted by Crippen LogP contribution is 2.26. The van der Waals surface area contributed by atoms with Crippen LogP contribution in [0.2, 0.25) is 0 Å². The zero-order valence-corrected chi connectivity index (χ0v) is 12.7. The van der Waals surface area contributed by atoms with E-state index in [9.17, 15) is 14.9 Å². The standard InChI is InChI=1S/C17H13NO6/c1-22-15-6-4-13(18(20)21)8-12(15)10-23-14-5-2-11-3-7-17(19)24-16(11)9-14/h2-9H,10H2,1H3. The van der Waals surface area contributed by atoms with Crippen LogP contribution in [0, 0.1) is 10.1 Å². The first-order valence-electron chi connectivity index (χ1n) is 7.05. The van der Waals surface area contributed by atoms with Gasteiger partial charge >= 0.3 is 5.63 Å². The highest BCUT2D eigenvalue weighted by Gasteiger charge is 2.12. The molecule has 7 heteroatoms. The number of hydrogen-bond donors (Lipinski definition) is 0. The van der Waals surface area contributed by atoms with Gasteiger partial charge in [0, 0.05) is 35.2 Å². The largest absolute Gasteiger partial charge is 0.496 e. The van der Waals surface area contributed by atoms with Gasteiger partial charge in [-0.05, 0) is 24.3 Å². The second-order valence-corrected chi connectivity index (χ2v) is 5.00. The van der Waals surface area contributed by atoms with Crippen molar-refractivity contribution in [3.63, 3.8) is 0 Å². The summed E-state index contributed by atoms with van der Waals surface area (Å²) in [7, 11) is 1.48. The molecule has 122 valence electrons. The fourth-order valence-electron chi connectivity index (χ4n) is 2.28. The van der Waals surface area contributed by atoms with E-state index in [0.29, 0.717) is 22.6 Å². The maximum atomic E-state index is 11.3. The van der Waals surface area contributed by atoms with E-state index in [1.54, 1.807) is 24.3 Å². The van der Waals surface area contributed by atoms with Crippen LogP contribution >= 0.6 is 0 Å². The summed E-state index contributed by atoms with van der Waals surface area (Å²) >= 11 is 0. The van der Waals surface area contributed by atoms with Crippen LogP contribution in [0.3, 0.4) is 0 Å². The third-order valence-corrected chi connectivity index (χ3v) is 3.46. The Bertz CT molecular complexity index is 963. The minimum Gasteiger partial charge on any atom is -0.496 e. The van der Waals surface area contributed by atoms with Crippen LogP contribution in [0.25, 0.3) is 11.0 Å². The normalized spacial score (nSPS) is 10.5. The molecule has 0 saturated heterocycles. The lowest BCUT2D eigenvalue weighted by Crippen LogP contribution is -2.00. The van der Waals surface area contributed by atoms with Gasteiger partial charge in [0.15, 0.2) is 0 Å². The Hall–Kier alpha value is -3.35. The van der Waals surface area contributed by atoms with Crippen molar-refractivity contribution in [2.75, 3.05) is 7.11 Å². The Balaban J connectivity index is 1.86. The number of nitro benzene ring substituents is 1. The van der Waals surface area contributed by atoms with Gasteiger partial charge in [-0.2, -0.15) is 0 Å². The molecule has 3 aromatic rings. The van der Waals surface area contributed by atoms with Crippen molar-refractivity contribution < 1.29 is 18.8 Å². The summed E-state index contributed by atoms with van der Waals surface area (Å²) in [6.07, 6.45) is 0. The van der Waals surface area contributed by atoms with Crippen LogP contribution in [0.5, 0.6) is 11.5 Å². The van der Waals surface area contributed by atoms with E-state index in [0.717, 1.165) is 5.39 Å². The second-order valence-electron chi connectivity index (χ2n) is 5.00. The van der Waals surface area contributed by atoms with Crippen LogP contribution in [0.15, 0.2) is 57.7 Å². The topological polar surface area (TPSA) is 91.8 Å². The first-order chi connectivity index (χ1) is 11.6. The van der Waals surface area contributed by atoms with Crippen LogP contribution in [-0.2, 0) is 6.61 Å². The van der Waals surface area contributed by atoms with Gasteiger partial charge in [0.05, 0.1) is 12.0 Å². The van der Waals surface area contributed by atoms with Crippen molar-refractivity contribution in [1.82, 2.24) is 0 Å². The highest BCUT2D eigenvalue weighted by molar-refractivity contribution is 5.77. The fourth-order valence-corrected chi connectivity index (χ4v) is 2.28. The molecule has 0 radical (unpaired) electrons. The van der Waals surface area contributed by atoms with Crippen LogP contribution in [0.4, 0.5) is 5.69 Å². The maximum Gasteiger partial charge on any atom is 0.336 e. The molecule has 0 atom stereocenters. The maximum absolute atomic E-state index is 11.3. The Kier molecular flexibility index (Phi) is 4.15. The number of hydrogen-bond acceptors (Lipinski definition) is 6. The average molecular weight is 327 g/mol. The van der Waals surface area contributed by atoms with Gasteiger partial charge in [0.1, 0.15) is 23.7 Å². The van der Waals surface area contributed by atoms with E-state index in [1.807, 2.05) is 0 Å². The molecule has 0 fully saturated rings. The molecule has 0 aliphatic carbocycles. The van der Waals surface area contributed by atoms with E-state index in [4.69, 9.17) is 13.9 Å². The molecule has 0 unspecified atom stereocenters. The molecule has 0 spiro atoms. The number of methoxy groups -OCH3 is 1. The Morgan fingerprint density at radius 2 is 1.92 bits per heavy atom. The summed E-state index contributed by atoms with van der Waals surface area (Å²) in [6.45, 7) is 0.0768. The summed E-state index contributed by atoms with van der Waals surface area (Å²) < 4.78 is 15.9. The number of fused-ring (bicyclic) bond motifs is 1. The minimum atomic E-state index is -0.479. The first-order valence-corrected chi connectivity index (χ1v) is 7.05. The van der Waals surface area contributed by atoms with E-state index in [-0.39, 0.29) is 12.3 Å². The second kappa shape index (κ2) is 6.41. The molecule has 1 aromatic heterocycles. The predicted octanol–water partition coefficient (Wildman–Crippen LogP) is 3.29. The zero-order chi connectivity index (χ0) is 17.1. The summed E-state index contributed by atoms with van der Waals surface area (Å²) in [6, 6.07) is 12.4. The lowest BCUT2D eigenvalue weighted by atomic mass is 10.2. The third kappa shape index (κ3) is 3.19. The molecule has 0 bridgehead atoms. The number of nitrogens with zero attached hydrogens (tertiary/aromatic N) is 1. The molecule has 2 aromatic carbocycles. The molecule has 1 heterocycles. The van der Waals surface area contributed by atoms with Gasteiger partial charge < -0.3 is 13.9 Å². The monoisotopic (exact) mass is 327 g/mol. The summed E-state index contributed by atoms with van der Waals surface area (Å²) in [4.78, 5) is 21.7. The van der Waals surface area contributed by atoms with E-state index < -0.39 is 10.5 Å². The minimum absolute atomic E-state index is 0.0427. The molecule has 0 saturated carbocycles. The molecular weight excluding hydrogens is 314 g/mol. The number of nitro groups is 1. The summed E-state index contributed by atoms with van der Waals surface area (Å²) in [5, 5.41) is 11.7. The van der Waals surface area contributed by atoms with Gasteiger partial charge in [-0.15, -0.1) is 0 Å². The Morgan fingerprint density at radius 1 is 1.12 bits per heavy atom. The van der Waals surface area contributed by atoms with E-state index in [2.05, 4.69) is 0 Å². The highest BCUT2D eigenvalue weighted by atomic mass is 16.6. The molecule has 7 nitrogen and oxygen atoms in total. The Labute approximate surface area is 136 Å². The Morgan fingerprint density at radius 3 is 2.67 bits per heavy atom. The fraction of sp³-hybridized carbons (Fsp3) is 0.118. The lowest BCUT2D eigenvalue weighted by molar-refractivity contribution is -0.385. The quantitative estimate of drug-likeness (QED) is 0.405. The van der Waals surface area contributed by atoms with Crippen molar-refractivity contribution >= 4 is 16.7 Å². The number of non-ortho nitro benzene ring substituents is 1. The number of rotatable bonds is 5.